The second-order valence-electron chi connectivity index (χ2n) is 7.80. The Morgan fingerprint density at radius 3 is 2.40 bits per heavy atom. The van der Waals surface area contributed by atoms with Gasteiger partial charge in [-0.3, -0.25) is 9.69 Å². The number of aryl methyl sites for hydroxylation is 1. The second-order valence-corrected chi connectivity index (χ2v) is 7.80. The van der Waals surface area contributed by atoms with Gasteiger partial charge in [0.2, 0.25) is 5.91 Å². The number of amides is 1. The van der Waals surface area contributed by atoms with Gasteiger partial charge in [0, 0.05) is 38.4 Å². The fraction of sp³-hybridized carbons (Fsp3) is 0.478. The molecule has 1 aromatic carbocycles. The third-order valence-corrected chi connectivity index (χ3v) is 6.24. The molecule has 2 aliphatic heterocycles. The lowest BCUT2D eigenvalue weighted by atomic mass is 10.0. The number of nitriles is 1. The Labute approximate surface area is 177 Å². The maximum absolute atomic E-state index is 13.0. The van der Waals surface area contributed by atoms with Gasteiger partial charge in [0.05, 0.1) is 11.7 Å². The predicted molar refractivity (Wildman–Crippen MR) is 116 cm³/mol. The van der Waals surface area contributed by atoms with Crippen LogP contribution in [0.15, 0.2) is 30.3 Å². The smallest absolute Gasteiger partial charge is 0.244 e. The lowest BCUT2D eigenvalue weighted by Crippen LogP contribution is -2.53. The van der Waals surface area contributed by atoms with Crippen molar-refractivity contribution in [2.45, 2.75) is 39.2 Å². The van der Waals surface area contributed by atoms with Gasteiger partial charge in [-0.25, -0.2) is 0 Å². The van der Waals surface area contributed by atoms with E-state index < -0.39 is 0 Å². The SMILES string of the molecule is CCc1nnc(N2CCN([C@@H]3CCN(c4ccccc4)C3=O)CC2)c(C#N)c1CC. The van der Waals surface area contributed by atoms with E-state index in [-0.39, 0.29) is 11.9 Å². The van der Waals surface area contributed by atoms with Gasteiger partial charge in [-0.1, -0.05) is 32.0 Å². The molecule has 0 spiro atoms. The van der Waals surface area contributed by atoms with Crippen molar-refractivity contribution in [3.63, 3.8) is 0 Å². The minimum Gasteiger partial charge on any atom is -0.351 e. The Kier molecular flexibility index (Phi) is 5.96. The molecule has 7 nitrogen and oxygen atoms in total. The molecule has 4 rings (SSSR count). The standard InChI is InChI=1S/C23H28N6O/c1-3-18-19(16-24)22(26-25-20(18)4-2)28-14-12-27(13-15-28)21-10-11-29(23(21)30)17-8-6-5-7-9-17/h5-9,21H,3-4,10-15H2,1-2H3/t21-/m1/s1. The van der Waals surface area contributed by atoms with Gasteiger partial charge in [-0.15, -0.1) is 5.10 Å². The molecule has 2 aromatic rings. The van der Waals surface area contributed by atoms with Crippen LogP contribution < -0.4 is 9.80 Å². The van der Waals surface area contributed by atoms with Crippen LogP contribution in [0.25, 0.3) is 0 Å². The molecular formula is C23H28N6O. The van der Waals surface area contributed by atoms with E-state index in [2.05, 4.69) is 33.0 Å². The van der Waals surface area contributed by atoms with E-state index in [0.717, 1.165) is 68.9 Å². The Hall–Kier alpha value is -2.98. The fourth-order valence-corrected chi connectivity index (χ4v) is 4.61. The van der Waals surface area contributed by atoms with Crippen LogP contribution in [-0.2, 0) is 17.6 Å². The van der Waals surface area contributed by atoms with Crippen LogP contribution in [0.2, 0.25) is 0 Å². The van der Waals surface area contributed by atoms with Crippen LogP contribution in [0.3, 0.4) is 0 Å². The summed E-state index contributed by atoms with van der Waals surface area (Å²) in [5, 5.41) is 18.6. The number of hydrogen-bond donors (Lipinski definition) is 0. The first kappa shape index (κ1) is 20.3. The third kappa shape index (κ3) is 3.63. The van der Waals surface area contributed by atoms with Gasteiger partial charge in [-0.2, -0.15) is 10.4 Å². The zero-order chi connectivity index (χ0) is 21.1. The predicted octanol–water partition coefficient (Wildman–Crippen LogP) is 2.40. The van der Waals surface area contributed by atoms with E-state index in [0.29, 0.717) is 11.4 Å². The Balaban J connectivity index is 1.45. The highest BCUT2D eigenvalue weighted by Crippen LogP contribution is 2.27. The molecule has 2 aliphatic rings. The maximum atomic E-state index is 13.0. The average Bonchev–Trinajstić information content (AvgIpc) is 3.19. The number of nitrogens with zero attached hydrogens (tertiary/aromatic N) is 6. The van der Waals surface area contributed by atoms with Crippen molar-refractivity contribution < 1.29 is 4.79 Å². The first-order valence-electron chi connectivity index (χ1n) is 10.8. The molecule has 0 N–H and O–H groups in total. The number of rotatable bonds is 5. The molecule has 0 radical (unpaired) electrons. The van der Waals surface area contributed by atoms with Crippen LogP contribution in [0.4, 0.5) is 11.5 Å². The summed E-state index contributed by atoms with van der Waals surface area (Å²) in [5.41, 5.74) is 3.55. The highest BCUT2D eigenvalue weighted by molar-refractivity contribution is 5.99. The van der Waals surface area contributed by atoms with Gasteiger partial charge in [0.25, 0.3) is 0 Å². The number of para-hydroxylation sites is 1. The molecule has 2 fully saturated rings. The van der Waals surface area contributed by atoms with E-state index in [1.165, 1.54) is 0 Å². The number of anilines is 2. The van der Waals surface area contributed by atoms with E-state index in [9.17, 15) is 10.1 Å². The average molecular weight is 405 g/mol. The van der Waals surface area contributed by atoms with E-state index in [1.807, 2.05) is 42.2 Å². The zero-order valence-corrected chi connectivity index (χ0v) is 17.7. The second kappa shape index (κ2) is 8.80. The lowest BCUT2D eigenvalue weighted by molar-refractivity contribution is -0.121. The van der Waals surface area contributed by atoms with Crippen molar-refractivity contribution in [2.24, 2.45) is 0 Å². The molecule has 2 saturated heterocycles. The first-order chi connectivity index (χ1) is 14.7. The van der Waals surface area contributed by atoms with Gasteiger partial charge in [0.1, 0.15) is 11.6 Å². The number of hydrogen-bond acceptors (Lipinski definition) is 6. The van der Waals surface area contributed by atoms with Crippen molar-refractivity contribution in [1.82, 2.24) is 15.1 Å². The molecule has 7 heteroatoms. The van der Waals surface area contributed by atoms with Crippen LogP contribution >= 0.6 is 0 Å². The highest BCUT2D eigenvalue weighted by atomic mass is 16.2. The molecule has 3 heterocycles. The summed E-state index contributed by atoms with van der Waals surface area (Å²) < 4.78 is 0. The largest absolute Gasteiger partial charge is 0.351 e. The molecule has 156 valence electrons. The molecule has 0 bridgehead atoms. The lowest BCUT2D eigenvalue weighted by Gasteiger charge is -2.38. The van der Waals surface area contributed by atoms with E-state index >= 15 is 0 Å². The minimum atomic E-state index is -0.0671. The quantitative estimate of drug-likeness (QED) is 0.762. The summed E-state index contributed by atoms with van der Waals surface area (Å²) in [6.45, 7) is 7.91. The molecule has 30 heavy (non-hydrogen) atoms. The molecule has 1 aromatic heterocycles. The molecule has 0 saturated carbocycles. The van der Waals surface area contributed by atoms with Gasteiger partial charge >= 0.3 is 0 Å². The fourth-order valence-electron chi connectivity index (χ4n) is 4.61. The summed E-state index contributed by atoms with van der Waals surface area (Å²) in [6, 6.07) is 12.2. The molecule has 0 unspecified atom stereocenters. The van der Waals surface area contributed by atoms with Gasteiger partial charge < -0.3 is 9.80 Å². The van der Waals surface area contributed by atoms with Crippen molar-refractivity contribution in [3.05, 3.63) is 47.2 Å². The summed E-state index contributed by atoms with van der Waals surface area (Å²) in [5.74, 6) is 0.877. The number of benzene rings is 1. The third-order valence-electron chi connectivity index (χ3n) is 6.24. The minimum absolute atomic E-state index is 0.0671. The molecule has 1 atom stereocenters. The van der Waals surface area contributed by atoms with Crippen molar-refractivity contribution in [2.75, 3.05) is 42.5 Å². The molecular weight excluding hydrogens is 376 g/mol. The van der Waals surface area contributed by atoms with Crippen molar-refractivity contribution in [3.8, 4) is 6.07 Å². The summed E-state index contributed by atoms with van der Waals surface area (Å²) in [4.78, 5) is 19.3. The van der Waals surface area contributed by atoms with Crippen molar-refractivity contribution in [1.29, 1.82) is 5.26 Å². The monoisotopic (exact) mass is 404 g/mol. The molecule has 1 amide bonds. The number of carbonyl (C=O) groups is 1. The molecule has 0 aliphatic carbocycles. The van der Waals surface area contributed by atoms with Crippen LogP contribution in [0.5, 0.6) is 0 Å². The van der Waals surface area contributed by atoms with Crippen LogP contribution in [0.1, 0.15) is 37.1 Å². The van der Waals surface area contributed by atoms with E-state index in [1.54, 1.807) is 0 Å². The first-order valence-corrected chi connectivity index (χ1v) is 10.8. The topological polar surface area (TPSA) is 76.4 Å². The zero-order valence-electron chi connectivity index (χ0n) is 17.7. The van der Waals surface area contributed by atoms with Gasteiger partial charge in [-0.05, 0) is 37.0 Å². The van der Waals surface area contributed by atoms with Crippen LogP contribution in [-0.4, -0.2) is 59.8 Å². The maximum Gasteiger partial charge on any atom is 0.244 e. The van der Waals surface area contributed by atoms with Crippen LogP contribution in [0, 0.1) is 11.3 Å². The summed E-state index contributed by atoms with van der Waals surface area (Å²) >= 11 is 0. The van der Waals surface area contributed by atoms with Gasteiger partial charge in [0.15, 0.2) is 5.82 Å². The Bertz CT molecular complexity index is 946. The number of aromatic nitrogens is 2. The number of carbonyl (C=O) groups excluding carboxylic acids is 1. The normalized spacial score (nSPS) is 19.9. The highest BCUT2D eigenvalue weighted by Gasteiger charge is 2.38. The Morgan fingerprint density at radius 1 is 1.03 bits per heavy atom. The Morgan fingerprint density at radius 2 is 1.77 bits per heavy atom. The summed E-state index contributed by atoms with van der Waals surface area (Å²) in [7, 11) is 0. The van der Waals surface area contributed by atoms with E-state index in [4.69, 9.17) is 0 Å². The number of piperazine rings is 1. The van der Waals surface area contributed by atoms with Crippen molar-refractivity contribution >= 4 is 17.4 Å². The summed E-state index contributed by atoms with van der Waals surface area (Å²) in [6.07, 6.45) is 2.41.